The number of aromatic nitrogens is 1. The molecule has 0 bridgehead atoms. The molecule has 0 unspecified atom stereocenters. The van der Waals surface area contributed by atoms with E-state index in [4.69, 9.17) is 9.47 Å². The van der Waals surface area contributed by atoms with Gasteiger partial charge in [0.05, 0.1) is 16.8 Å². The summed E-state index contributed by atoms with van der Waals surface area (Å²) >= 11 is 0. The van der Waals surface area contributed by atoms with Gasteiger partial charge in [-0.05, 0) is 48.9 Å². The lowest BCUT2D eigenvalue weighted by Gasteiger charge is -2.19. The van der Waals surface area contributed by atoms with Crippen molar-refractivity contribution in [1.29, 1.82) is 0 Å². The summed E-state index contributed by atoms with van der Waals surface area (Å²) in [5.41, 5.74) is 2.41. The molecule has 0 radical (unpaired) electrons. The van der Waals surface area contributed by atoms with Crippen molar-refractivity contribution in [2.75, 3.05) is 23.3 Å². The predicted octanol–water partition coefficient (Wildman–Crippen LogP) is 3.71. The van der Waals surface area contributed by atoms with Crippen molar-refractivity contribution in [3.8, 4) is 11.5 Å². The Morgan fingerprint density at radius 1 is 0.929 bits per heavy atom. The highest BCUT2D eigenvalue weighted by Crippen LogP contribution is 2.33. The molecule has 0 saturated carbocycles. The fourth-order valence-corrected chi connectivity index (χ4v) is 3.91. The van der Waals surface area contributed by atoms with Crippen LogP contribution in [0.25, 0.3) is 0 Å². The van der Waals surface area contributed by atoms with Crippen molar-refractivity contribution in [3.63, 3.8) is 0 Å². The van der Waals surface area contributed by atoms with E-state index in [9.17, 15) is 8.42 Å². The number of sulfonamides is 1. The summed E-state index contributed by atoms with van der Waals surface area (Å²) in [5, 5.41) is 3.21. The normalized spacial score (nSPS) is 13.0. The van der Waals surface area contributed by atoms with Gasteiger partial charge in [0.15, 0.2) is 11.5 Å². The summed E-state index contributed by atoms with van der Waals surface area (Å²) in [6.07, 6.45) is 1.56. The SMILES string of the molecule is Cc1cccc(S(=O)(=O)Nc2ccc(Nc3ccc4c(c3)OCCO4)cn2)c1. The minimum Gasteiger partial charge on any atom is -0.486 e. The highest BCUT2D eigenvalue weighted by atomic mass is 32.2. The highest BCUT2D eigenvalue weighted by molar-refractivity contribution is 7.92. The monoisotopic (exact) mass is 397 g/mol. The lowest BCUT2D eigenvalue weighted by Crippen LogP contribution is -2.15. The maximum absolute atomic E-state index is 12.5. The molecule has 2 heterocycles. The first kappa shape index (κ1) is 18.1. The molecule has 4 rings (SSSR count). The number of aryl methyl sites for hydroxylation is 1. The molecule has 7 nitrogen and oxygen atoms in total. The van der Waals surface area contributed by atoms with Gasteiger partial charge in [-0.1, -0.05) is 12.1 Å². The summed E-state index contributed by atoms with van der Waals surface area (Å²) in [6.45, 7) is 2.91. The fourth-order valence-electron chi connectivity index (χ4n) is 2.80. The lowest BCUT2D eigenvalue weighted by molar-refractivity contribution is 0.171. The van der Waals surface area contributed by atoms with Crippen LogP contribution >= 0.6 is 0 Å². The standard InChI is InChI=1S/C20H19N3O4S/c1-14-3-2-4-17(11-14)28(24,25)23-20-8-6-16(13-21-20)22-15-5-7-18-19(12-15)27-10-9-26-18/h2-8,11-13,22H,9-10H2,1H3,(H,21,23). The first-order valence-electron chi connectivity index (χ1n) is 8.72. The van der Waals surface area contributed by atoms with Crippen molar-refractivity contribution in [2.45, 2.75) is 11.8 Å². The van der Waals surface area contributed by atoms with E-state index in [1.165, 1.54) is 0 Å². The molecule has 0 aliphatic carbocycles. The maximum atomic E-state index is 12.5. The van der Waals surface area contributed by atoms with Crippen LogP contribution in [0.4, 0.5) is 17.2 Å². The summed E-state index contributed by atoms with van der Waals surface area (Å²) in [7, 11) is -3.68. The quantitative estimate of drug-likeness (QED) is 0.682. The number of rotatable bonds is 5. The molecule has 0 amide bonds. The number of ether oxygens (including phenoxy) is 2. The van der Waals surface area contributed by atoms with Crippen molar-refractivity contribution in [1.82, 2.24) is 4.98 Å². The van der Waals surface area contributed by atoms with Crippen LogP contribution in [0, 0.1) is 6.92 Å². The Morgan fingerprint density at radius 3 is 2.46 bits per heavy atom. The molecule has 8 heteroatoms. The maximum Gasteiger partial charge on any atom is 0.263 e. The van der Waals surface area contributed by atoms with Crippen LogP contribution in [0.1, 0.15) is 5.56 Å². The van der Waals surface area contributed by atoms with Gasteiger partial charge >= 0.3 is 0 Å². The molecule has 1 aliphatic heterocycles. The van der Waals surface area contributed by atoms with E-state index >= 15 is 0 Å². The van der Waals surface area contributed by atoms with Crippen LogP contribution in [0.5, 0.6) is 11.5 Å². The number of anilines is 3. The minimum absolute atomic E-state index is 0.202. The van der Waals surface area contributed by atoms with E-state index in [2.05, 4.69) is 15.0 Å². The second-order valence-corrected chi connectivity index (χ2v) is 8.02. The Bertz CT molecular complexity index is 1100. The molecule has 2 aromatic carbocycles. The Balaban J connectivity index is 1.47. The first-order chi connectivity index (χ1) is 13.5. The third kappa shape index (κ3) is 4.01. The third-order valence-corrected chi connectivity index (χ3v) is 5.49. The lowest BCUT2D eigenvalue weighted by atomic mass is 10.2. The number of pyridine rings is 1. The smallest absolute Gasteiger partial charge is 0.263 e. The van der Waals surface area contributed by atoms with E-state index in [0.29, 0.717) is 19.0 Å². The number of benzene rings is 2. The molecule has 0 saturated heterocycles. The van der Waals surface area contributed by atoms with Crippen molar-refractivity contribution < 1.29 is 17.9 Å². The van der Waals surface area contributed by atoms with Gasteiger partial charge in [-0.15, -0.1) is 0 Å². The highest BCUT2D eigenvalue weighted by Gasteiger charge is 2.15. The van der Waals surface area contributed by atoms with Crippen LogP contribution in [-0.4, -0.2) is 26.6 Å². The van der Waals surface area contributed by atoms with Crippen molar-refractivity contribution >= 4 is 27.2 Å². The second kappa shape index (κ2) is 7.40. The summed E-state index contributed by atoms with van der Waals surface area (Å²) in [6, 6.07) is 15.6. The van der Waals surface area contributed by atoms with Crippen molar-refractivity contribution in [3.05, 3.63) is 66.4 Å². The Hall–Kier alpha value is -3.26. The van der Waals surface area contributed by atoms with Crippen LogP contribution in [0.15, 0.2) is 65.7 Å². The van der Waals surface area contributed by atoms with Gasteiger partial charge in [-0.25, -0.2) is 13.4 Å². The number of nitrogens with one attached hydrogen (secondary N) is 2. The fraction of sp³-hybridized carbons (Fsp3) is 0.150. The van der Waals surface area contributed by atoms with E-state index in [-0.39, 0.29) is 10.7 Å². The zero-order valence-corrected chi connectivity index (χ0v) is 16.0. The van der Waals surface area contributed by atoms with E-state index in [0.717, 1.165) is 22.7 Å². The molecule has 144 valence electrons. The van der Waals surface area contributed by atoms with Crippen LogP contribution in [0.3, 0.4) is 0 Å². The predicted molar refractivity (Wildman–Crippen MR) is 107 cm³/mol. The number of hydrogen-bond donors (Lipinski definition) is 2. The van der Waals surface area contributed by atoms with E-state index in [1.807, 2.05) is 31.2 Å². The zero-order valence-electron chi connectivity index (χ0n) is 15.2. The first-order valence-corrected chi connectivity index (χ1v) is 10.2. The summed E-state index contributed by atoms with van der Waals surface area (Å²) in [5.74, 6) is 1.65. The molecule has 0 fully saturated rings. The molecule has 1 aromatic heterocycles. The number of fused-ring (bicyclic) bond motifs is 1. The van der Waals surface area contributed by atoms with E-state index in [1.54, 1.807) is 36.5 Å². The van der Waals surface area contributed by atoms with Gasteiger partial charge in [-0.2, -0.15) is 0 Å². The van der Waals surface area contributed by atoms with Crippen LogP contribution in [-0.2, 0) is 10.0 Å². The van der Waals surface area contributed by atoms with Crippen LogP contribution < -0.4 is 19.5 Å². The Labute approximate surface area is 163 Å². The topological polar surface area (TPSA) is 89.6 Å². The molecule has 1 aliphatic rings. The minimum atomic E-state index is -3.68. The number of hydrogen-bond acceptors (Lipinski definition) is 6. The molecule has 28 heavy (non-hydrogen) atoms. The second-order valence-electron chi connectivity index (χ2n) is 6.34. The molecule has 0 spiro atoms. The third-order valence-electron chi connectivity index (χ3n) is 4.13. The Kier molecular flexibility index (Phi) is 4.79. The van der Waals surface area contributed by atoms with E-state index < -0.39 is 10.0 Å². The number of nitrogens with zero attached hydrogens (tertiary/aromatic N) is 1. The van der Waals surface area contributed by atoms with Gasteiger partial charge in [0.25, 0.3) is 10.0 Å². The summed E-state index contributed by atoms with van der Waals surface area (Å²) in [4.78, 5) is 4.39. The molecule has 0 atom stereocenters. The Morgan fingerprint density at radius 2 is 1.71 bits per heavy atom. The van der Waals surface area contributed by atoms with Gasteiger partial charge in [0.2, 0.25) is 0 Å². The van der Waals surface area contributed by atoms with Gasteiger partial charge in [0, 0.05) is 11.8 Å². The largest absolute Gasteiger partial charge is 0.486 e. The average molecular weight is 397 g/mol. The van der Waals surface area contributed by atoms with Crippen LogP contribution in [0.2, 0.25) is 0 Å². The zero-order chi connectivity index (χ0) is 19.6. The molecular weight excluding hydrogens is 378 g/mol. The average Bonchev–Trinajstić information content (AvgIpc) is 2.69. The van der Waals surface area contributed by atoms with Gasteiger partial charge in [0.1, 0.15) is 19.0 Å². The van der Waals surface area contributed by atoms with Gasteiger partial charge in [-0.3, -0.25) is 4.72 Å². The summed E-state index contributed by atoms with van der Waals surface area (Å²) < 4.78 is 38.5. The van der Waals surface area contributed by atoms with Gasteiger partial charge < -0.3 is 14.8 Å². The molecular formula is C20H19N3O4S. The molecule has 2 N–H and O–H groups in total. The van der Waals surface area contributed by atoms with Crippen molar-refractivity contribution in [2.24, 2.45) is 0 Å². The molecule has 3 aromatic rings.